The molecule has 0 aliphatic heterocycles. The van der Waals surface area contributed by atoms with Crippen molar-refractivity contribution in [3.8, 4) is 23.0 Å². The molecule has 0 bridgehead atoms. The molecule has 0 saturated carbocycles. The number of benzene rings is 4. The van der Waals surface area contributed by atoms with Gasteiger partial charge in [0.05, 0.1) is 32.1 Å². The summed E-state index contributed by atoms with van der Waals surface area (Å²) in [6.45, 7) is 24.3. The first-order valence-electron chi connectivity index (χ1n) is 18.2. The number of ether oxygens (including phenoxy) is 4. The van der Waals surface area contributed by atoms with E-state index in [0.717, 1.165) is 74.9 Å². The van der Waals surface area contributed by atoms with Crippen LogP contribution in [0.4, 0.5) is 17.1 Å². The van der Waals surface area contributed by atoms with Gasteiger partial charge < -0.3 is 35.0 Å². The van der Waals surface area contributed by atoms with Gasteiger partial charge in [-0.05, 0) is 134 Å². The van der Waals surface area contributed by atoms with E-state index in [1.165, 1.54) is 5.56 Å². The number of hydrogen-bond acceptors (Lipinski definition) is 6. The Bertz CT molecular complexity index is 1760. The van der Waals surface area contributed by atoms with E-state index in [1.807, 2.05) is 159 Å². The fourth-order valence-corrected chi connectivity index (χ4v) is 4.52. The molecule has 284 valence electrons. The zero-order valence-electron chi connectivity index (χ0n) is 34.2. The Hall–Kier alpha value is -4.88. The summed E-state index contributed by atoms with van der Waals surface area (Å²) in [7, 11) is 0. The van der Waals surface area contributed by atoms with E-state index in [4.69, 9.17) is 24.4 Å². The smallest absolute Gasteiger partial charge is 0.661 e. The zero-order chi connectivity index (χ0) is 39.2. The Kier molecular flexibility index (Phi) is 22.7. The predicted molar refractivity (Wildman–Crippen MR) is 224 cm³/mol. The SMILES string of the molecule is CCOc1ccc(C)cc1.CCOc1ccc(N=C(C)/C(C)=C(/C)[N-]c2ccc(OCC)cc2)cc1.CCOc1ccc([N-]/C(C)=C(/C)C(C)=N)cc1.[Zn+2]. The van der Waals surface area contributed by atoms with Crippen LogP contribution in [0, 0.1) is 12.3 Å². The van der Waals surface area contributed by atoms with Crippen LogP contribution in [-0.4, -0.2) is 37.9 Å². The van der Waals surface area contributed by atoms with Gasteiger partial charge >= 0.3 is 19.5 Å². The fourth-order valence-electron chi connectivity index (χ4n) is 4.52. The molecule has 0 unspecified atom stereocenters. The van der Waals surface area contributed by atoms with Crippen molar-refractivity contribution in [2.75, 3.05) is 26.4 Å². The molecule has 0 atom stereocenters. The molecule has 9 heteroatoms. The van der Waals surface area contributed by atoms with Crippen molar-refractivity contribution in [3.63, 3.8) is 0 Å². The van der Waals surface area contributed by atoms with Crippen molar-refractivity contribution in [1.29, 1.82) is 5.41 Å². The molecule has 0 spiro atoms. The summed E-state index contributed by atoms with van der Waals surface area (Å²) in [4.78, 5) is 4.68. The van der Waals surface area contributed by atoms with E-state index in [1.54, 1.807) is 6.92 Å². The molecule has 4 aromatic rings. The molecule has 0 aromatic heterocycles. The number of nitrogens with one attached hydrogen (secondary N) is 1. The first-order valence-corrected chi connectivity index (χ1v) is 18.2. The third kappa shape index (κ3) is 17.8. The molecule has 0 heterocycles. The summed E-state index contributed by atoms with van der Waals surface area (Å²) in [5, 5.41) is 16.7. The van der Waals surface area contributed by atoms with Crippen LogP contribution >= 0.6 is 0 Å². The van der Waals surface area contributed by atoms with E-state index in [0.29, 0.717) is 25.5 Å². The van der Waals surface area contributed by atoms with Crippen molar-refractivity contribution in [3.05, 3.63) is 136 Å². The van der Waals surface area contributed by atoms with Crippen LogP contribution in [-0.2, 0) is 19.5 Å². The summed E-state index contributed by atoms with van der Waals surface area (Å²) in [5.41, 5.74) is 9.25. The number of hydrogen-bond donors (Lipinski definition) is 1. The van der Waals surface area contributed by atoms with E-state index >= 15 is 0 Å². The van der Waals surface area contributed by atoms with Gasteiger partial charge in [-0.25, -0.2) is 0 Å². The number of aryl methyl sites for hydroxylation is 1. The van der Waals surface area contributed by atoms with Crippen molar-refractivity contribution in [2.45, 2.75) is 76.2 Å². The maximum absolute atomic E-state index is 7.55. The minimum atomic E-state index is 0. The Morgan fingerprint density at radius 2 is 0.815 bits per heavy atom. The second-order valence-corrected chi connectivity index (χ2v) is 12.0. The topological polar surface area (TPSA) is 101 Å². The zero-order valence-corrected chi connectivity index (χ0v) is 37.2. The summed E-state index contributed by atoms with van der Waals surface area (Å²) < 4.78 is 21.5. The Labute approximate surface area is 337 Å². The minimum absolute atomic E-state index is 0. The molecule has 0 amide bonds. The quantitative estimate of drug-likeness (QED) is 0.0958. The van der Waals surface area contributed by atoms with Crippen LogP contribution in [0.5, 0.6) is 23.0 Å². The third-order valence-electron chi connectivity index (χ3n) is 7.86. The molecule has 0 aliphatic rings. The van der Waals surface area contributed by atoms with Gasteiger partial charge in [0.2, 0.25) is 0 Å². The maximum atomic E-state index is 7.55. The number of nitrogens with zero attached hydrogens (tertiary/aromatic N) is 3. The number of aliphatic imine (C=N–C) groups is 1. The maximum Gasteiger partial charge on any atom is 2.00 e. The fraction of sp³-hybridized carbons (Fsp3) is 0.333. The van der Waals surface area contributed by atoms with Crippen molar-refractivity contribution >= 4 is 28.5 Å². The van der Waals surface area contributed by atoms with Crippen molar-refractivity contribution < 1.29 is 38.4 Å². The van der Waals surface area contributed by atoms with Gasteiger partial charge in [0.15, 0.2) is 0 Å². The normalized spacial score (nSPS) is 11.4. The van der Waals surface area contributed by atoms with Gasteiger partial charge in [0.25, 0.3) is 0 Å². The largest absolute Gasteiger partial charge is 2.00 e. The average Bonchev–Trinajstić information content (AvgIpc) is 3.15. The van der Waals surface area contributed by atoms with Gasteiger partial charge in [0.1, 0.15) is 23.0 Å². The molecule has 4 aromatic carbocycles. The van der Waals surface area contributed by atoms with Gasteiger partial charge in [0, 0.05) is 11.4 Å². The molecular formula is C45H58N4O4Zn. The molecule has 54 heavy (non-hydrogen) atoms. The second-order valence-electron chi connectivity index (χ2n) is 12.0. The molecule has 0 aliphatic carbocycles. The van der Waals surface area contributed by atoms with Crippen LogP contribution < -0.4 is 18.9 Å². The van der Waals surface area contributed by atoms with Gasteiger partial charge in [-0.2, -0.15) is 11.4 Å². The molecular weight excluding hydrogens is 726 g/mol. The van der Waals surface area contributed by atoms with E-state index < -0.39 is 0 Å². The summed E-state index contributed by atoms with van der Waals surface area (Å²) in [5.74, 6) is 3.53. The van der Waals surface area contributed by atoms with E-state index in [-0.39, 0.29) is 19.5 Å². The van der Waals surface area contributed by atoms with Gasteiger partial charge in [-0.15, -0.1) is 11.4 Å². The Morgan fingerprint density at radius 3 is 1.15 bits per heavy atom. The second kappa shape index (κ2) is 26.0. The van der Waals surface area contributed by atoms with Crippen LogP contribution in [0.2, 0.25) is 0 Å². The van der Waals surface area contributed by atoms with Crippen LogP contribution in [0.3, 0.4) is 0 Å². The standard InChI is InChI=1S/C22H27N2O2.C14H19N2O.C9H12O.Zn/c1-6-25-21-12-8-19(9-13-21)23-17(4)16(3)18(5)24-20-10-14-22(15-11-20)26-7-2;1-5-17-14-8-6-13(7-9-14)16-12(4)10(2)11(3)15;1-3-10-9-6-4-8(2)5-7-9;/h8-15H,6-7H2,1-5H3;6-9,15H,5H2,1-4H3;4-7H,3H2,1-2H3;/q2*-1;;+2/b17-16-,24-18?;12-10-,15-11?;;. The predicted octanol–water partition coefficient (Wildman–Crippen LogP) is 13.4. The molecule has 0 radical (unpaired) electrons. The Morgan fingerprint density at radius 1 is 0.500 bits per heavy atom. The van der Waals surface area contributed by atoms with Crippen LogP contribution in [0.1, 0.15) is 74.8 Å². The number of allylic oxidation sites excluding steroid dienone is 4. The Balaban J connectivity index is 0.000000446. The van der Waals surface area contributed by atoms with Gasteiger partial charge in [-0.3, -0.25) is 4.99 Å². The first-order chi connectivity index (χ1) is 25.4. The molecule has 1 N–H and O–H groups in total. The molecule has 0 fully saturated rings. The third-order valence-corrected chi connectivity index (χ3v) is 7.86. The summed E-state index contributed by atoms with van der Waals surface area (Å²) in [6, 6.07) is 31.3. The van der Waals surface area contributed by atoms with Crippen molar-refractivity contribution in [2.24, 2.45) is 4.99 Å². The van der Waals surface area contributed by atoms with E-state index in [2.05, 4.69) is 22.5 Å². The summed E-state index contributed by atoms with van der Waals surface area (Å²) in [6.07, 6.45) is 0. The summed E-state index contributed by atoms with van der Waals surface area (Å²) >= 11 is 0. The average molecular weight is 784 g/mol. The number of rotatable bonds is 15. The van der Waals surface area contributed by atoms with Crippen molar-refractivity contribution in [1.82, 2.24) is 0 Å². The monoisotopic (exact) mass is 782 g/mol. The first kappa shape index (κ1) is 47.1. The van der Waals surface area contributed by atoms with E-state index in [9.17, 15) is 0 Å². The minimum Gasteiger partial charge on any atom is -0.661 e. The van der Waals surface area contributed by atoms with Crippen LogP contribution in [0.15, 0.2) is 125 Å². The molecule has 4 rings (SSSR count). The molecule has 0 saturated heterocycles. The molecule has 8 nitrogen and oxygen atoms in total. The van der Waals surface area contributed by atoms with Crippen LogP contribution in [0.25, 0.3) is 10.6 Å². The van der Waals surface area contributed by atoms with Gasteiger partial charge in [-0.1, -0.05) is 55.8 Å².